The van der Waals surface area contributed by atoms with E-state index in [9.17, 15) is 25.6 Å². The summed E-state index contributed by atoms with van der Waals surface area (Å²) < 4.78 is 78.5. The van der Waals surface area contributed by atoms with Crippen LogP contribution in [-0.4, -0.2) is 68.8 Å². The lowest BCUT2D eigenvalue weighted by atomic mass is 10.1. The molecule has 0 aliphatic carbocycles. The molecular weight excluding hydrogens is 422 g/mol. The van der Waals surface area contributed by atoms with Crippen molar-refractivity contribution in [1.82, 2.24) is 23.2 Å². The van der Waals surface area contributed by atoms with Gasteiger partial charge in [-0.15, -0.1) is 9.19 Å². The van der Waals surface area contributed by atoms with Crippen LogP contribution in [0.1, 0.15) is 5.56 Å². The minimum atomic E-state index is -4.37. The molecule has 0 aliphatic rings. The van der Waals surface area contributed by atoms with Gasteiger partial charge in [0.25, 0.3) is 15.2 Å². The van der Waals surface area contributed by atoms with Gasteiger partial charge in [0.2, 0.25) is 0 Å². The molecule has 0 radical (unpaired) electrons. The van der Waals surface area contributed by atoms with Gasteiger partial charge in [-0.05, 0) is 12.1 Å². The molecule has 0 spiro atoms. The van der Waals surface area contributed by atoms with E-state index in [0.717, 1.165) is 22.8 Å². The van der Waals surface area contributed by atoms with Crippen LogP contribution in [0.4, 0.5) is 8.78 Å². The summed E-state index contributed by atoms with van der Waals surface area (Å²) >= 11 is 0. The molecule has 1 aromatic carbocycles. The second-order valence-electron chi connectivity index (χ2n) is 5.39. The maximum absolute atomic E-state index is 13.4. The molecular formula is C13H16F2N6O5S2. The number of hydrogen-bond acceptors (Lipinski definition) is 8. The van der Waals surface area contributed by atoms with Crippen LogP contribution >= 0.6 is 0 Å². The zero-order valence-electron chi connectivity index (χ0n) is 14.9. The van der Waals surface area contributed by atoms with Gasteiger partial charge in [0.05, 0.1) is 6.54 Å². The SMILES string of the molecule is CO/N=C(\CNS(=O)(=O)c1ncn(S(=O)(=O)N(C)C)n1)c1cc(F)cc(F)c1. The zero-order valence-corrected chi connectivity index (χ0v) is 16.5. The summed E-state index contributed by atoms with van der Waals surface area (Å²) in [5, 5.41) is 6.16. The summed E-state index contributed by atoms with van der Waals surface area (Å²) in [7, 11) is -4.79. The Bertz CT molecular complexity index is 1080. The summed E-state index contributed by atoms with van der Waals surface area (Å²) in [5.41, 5.74) is -0.194. The molecule has 0 unspecified atom stereocenters. The lowest BCUT2D eigenvalue weighted by Crippen LogP contribution is -2.32. The highest BCUT2D eigenvalue weighted by molar-refractivity contribution is 7.89. The number of sulfonamides is 1. The summed E-state index contributed by atoms with van der Waals surface area (Å²) in [5.74, 6) is -1.79. The minimum absolute atomic E-state index is 0.0595. The lowest BCUT2D eigenvalue weighted by Gasteiger charge is -2.09. The molecule has 28 heavy (non-hydrogen) atoms. The molecule has 0 atom stereocenters. The van der Waals surface area contributed by atoms with E-state index in [4.69, 9.17) is 0 Å². The zero-order chi connectivity index (χ0) is 21.1. The lowest BCUT2D eigenvalue weighted by molar-refractivity contribution is 0.213. The fourth-order valence-electron chi connectivity index (χ4n) is 1.88. The highest BCUT2D eigenvalue weighted by Gasteiger charge is 2.25. The first-order valence-corrected chi connectivity index (χ1v) is 10.3. The number of nitrogens with one attached hydrogen (secondary N) is 1. The number of benzene rings is 1. The number of rotatable bonds is 8. The van der Waals surface area contributed by atoms with Crippen LogP contribution in [0, 0.1) is 11.6 Å². The third-order valence-electron chi connectivity index (χ3n) is 3.22. The topological polar surface area (TPSA) is 136 Å². The Balaban J connectivity index is 2.26. The van der Waals surface area contributed by atoms with Crippen molar-refractivity contribution in [3.8, 4) is 0 Å². The largest absolute Gasteiger partial charge is 0.399 e. The van der Waals surface area contributed by atoms with Gasteiger partial charge in [-0.25, -0.2) is 26.9 Å². The maximum Gasteiger partial charge on any atom is 0.323 e. The van der Waals surface area contributed by atoms with Crippen molar-refractivity contribution in [2.75, 3.05) is 27.7 Å². The predicted octanol–water partition coefficient (Wildman–Crippen LogP) is -0.460. The third-order valence-corrected chi connectivity index (χ3v) is 5.98. The van der Waals surface area contributed by atoms with E-state index in [0.29, 0.717) is 10.2 Å². The first-order chi connectivity index (χ1) is 13.0. The number of halogens is 2. The van der Waals surface area contributed by atoms with Gasteiger partial charge in [-0.1, -0.05) is 5.16 Å². The molecule has 0 saturated heterocycles. The fraction of sp³-hybridized carbons (Fsp3) is 0.308. The van der Waals surface area contributed by atoms with E-state index in [1.807, 2.05) is 0 Å². The second kappa shape index (κ2) is 8.26. The van der Waals surface area contributed by atoms with E-state index in [-0.39, 0.29) is 11.3 Å². The molecule has 0 aliphatic heterocycles. The van der Waals surface area contributed by atoms with Crippen LogP contribution in [0.5, 0.6) is 0 Å². The highest BCUT2D eigenvalue weighted by Crippen LogP contribution is 2.10. The molecule has 0 saturated carbocycles. The Morgan fingerprint density at radius 2 is 1.82 bits per heavy atom. The van der Waals surface area contributed by atoms with Crippen molar-refractivity contribution in [2.24, 2.45) is 5.16 Å². The molecule has 0 fully saturated rings. The molecule has 0 bridgehead atoms. The third kappa shape index (κ3) is 4.86. The van der Waals surface area contributed by atoms with Gasteiger partial charge in [-0.2, -0.15) is 12.7 Å². The maximum atomic E-state index is 13.4. The van der Waals surface area contributed by atoms with Gasteiger partial charge >= 0.3 is 10.2 Å². The average Bonchev–Trinajstić information content (AvgIpc) is 3.09. The smallest absolute Gasteiger partial charge is 0.323 e. The van der Waals surface area contributed by atoms with E-state index >= 15 is 0 Å². The molecule has 11 nitrogen and oxygen atoms in total. The van der Waals surface area contributed by atoms with Crippen molar-refractivity contribution in [1.29, 1.82) is 0 Å². The van der Waals surface area contributed by atoms with Crippen LogP contribution < -0.4 is 4.72 Å². The molecule has 2 aromatic rings. The van der Waals surface area contributed by atoms with Crippen molar-refractivity contribution in [3.63, 3.8) is 0 Å². The van der Waals surface area contributed by atoms with Crippen molar-refractivity contribution < 1.29 is 30.5 Å². The van der Waals surface area contributed by atoms with E-state index < -0.39 is 43.6 Å². The summed E-state index contributed by atoms with van der Waals surface area (Å²) in [6, 6.07) is 2.51. The summed E-state index contributed by atoms with van der Waals surface area (Å²) in [6.45, 7) is -0.534. The van der Waals surface area contributed by atoms with E-state index in [2.05, 4.69) is 24.8 Å². The van der Waals surface area contributed by atoms with Crippen molar-refractivity contribution in [2.45, 2.75) is 5.16 Å². The summed E-state index contributed by atoms with van der Waals surface area (Å²) in [4.78, 5) is 8.04. The molecule has 154 valence electrons. The Morgan fingerprint density at radius 3 is 2.36 bits per heavy atom. The highest BCUT2D eigenvalue weighted by atomic mass is 32.2. The molecule has 0 amide bonds. The minimum Gasteiger partial charge on any atom is -0.399 e. The Labute approximate surface area is 159 Å². The van der Waals surface area contributed by atoms with Gasteiger partial charge in [0.1, 0.15) is 30.8 Å². The van der Waals surface area contributed by atoms with Crippen LogP contribution in [-0.2, 0) is 25.1 Å². The van der Waals surface area contributed by atoms with Crippen LogP contribution in [0.25, 0.3) is 0 Å². The first kappa shape index (κ1) is 21.8. The summed E-state index contributed by atoms with van der Waals surface area (Å²) in [6.07, 6.45) is 0.718. The fourth-order valence-corrected chi connectivity index (χ4v) is 3.45. The molecule has 1 aromatic heterocycles. The van der Waals surface area contributed by atoms with E-state index in [1.54, 1.807) is 0 Å². The standard InChI is InChI=1S/C13H16F2N6O5S2/c1-20(2)28(24,25)21-8-16-13(18-21)27(22,23)17-7-12(19-26-3)9-4-10(14)6-11(15)5-9/h4-6,8,17H,7H2,1-3H3/b19-12+. The van der Waals surface area contributed by atoms with Crippen molar-refractivity contribution >= 4 is 25.9 Å². The van der Waals surface area contributed by atoms with Crippen LogP contribution in [0.15, 0.2) is 34.8 Å². The molecule has 1 N–H and O–H groups in total. The number of nitrogens with zero attached hydrogens (tertiary/aromatic N) is 5. The van der Waals surface area contributed by atoms with Crippen molar-refractivity contribution in [3.05, 3.63) is 41.7 Å². The number of aromatic nitrogens is 3. The molecule has 1 heterocycles. The quantitative estimate of drug-likeness (QED) is 0.435. The van der Waals surface area contributed by atoms with Gasteiger partial charge in [0, 0.05) is 25.7 Å². The first-order valence-electron chi connectivity index (χ1n) is 7.38. The van der Waals surface area contributed by atoms with Gasteiger partial charge < -0.3 is 4.84 Å². The molecule has 2 rings (SSSR count). The average molecular weight is 438 g/mol. The van der Waals surface area contributed by atoms with E-state index in [1.165, 1.54) is 21.2 Å². The van der Waals surface area contributed by atoms with Gasteiger partial charge in [0.15, 0.2) is 0 Å². The Hall–Kier alpha value is -2.49. The Morgan fingerprint density at radius 1 is 1.21 bits per heavy atom. The predicted molar refractivity (Wildman–Crippen MR) is 93.1 cm³/mol. The number of oxime groups is 1. The van der Waals surface area contributed by atoms with Crippen LogP contribution in [0.2, 0.25) is 0 Å². The number of hydrogen-bond donors (Lipinski definition) is 1. The molecule has 15 heteroatoms. The van der Waals surface area contributed by atoms with Crippen LogP contribution in [0.3, 0.4) is 0 Å². The second-order valence-corrected chi connectivity index (χ2v) is 9.05. The Kier molecular flexibility index (Phi) is 6.43. The normalized spacial score (nSPS) is 13.1. The van der Waals surface area contributed by atoms with Gasteiger partial charge in [-0.3, -0.25) is 0 Å². The monoisotopic (exact) mass is 438 g/mol.